The Hall–Kier alpha value is -2.52. The molecule has 25 heavy (non-hydrogen) atoms. The molecule has 0 fully saturated rings. The van der Waals surface area contributed by atoms with Crippen molar-refractivity contribution in [1.82, 2.24) is 14.3 Å². The van der Waals surface area contributed by atoms with Crippen LogP contribution < -0.4 is 10.5 Å². The zero-order valence-electron chi connectivity index (χ0n) is 13.8. The van der Waals surface area contributed by atoms with Crippen LogP contribution in [0.3, 0.4) is 0 Å². The quantitative estimate of drug-likeness (QED) is 0.845. The second-order valence-corrected chi connectivity index (χ2v) is 7.60. The summed E-state index contributed by atoms with van der Waals surface area (Å²) in [7, 11) is -2.36. The Morgan fingerprint density at radius 2 is 2.16 bits per heavy atom. The molecule has 8 nitrogen and oxygen atoms in total. The molecule has 9 heteroatoms. The first-order valence-corrected chi connectivity index (χ1v) is 8.99. The SMILES string of the molecule is COc1ccc(C)cc1S(=O)(=O)N1CCc2[c]nc(C(N)=O)nc2C1. The summed E-state index contributed by atoms with van der Waals surface area (Å²) in [5.74, 6) is -0.672. The molecule has 0 unspecified atom stereocenters. The number of benzene rings is 1. The van der Waals surface area contributed by atoms with E-state index in [1.54, 1.807) is 18.2 Å². The summed E-state index contributed by atoms with van der Waals surface area (Å²) in [5.41, 5.74) is 7.11. The minimum absolute atomic E-state index is 0.0219. The molecule has 0 saturated carbocycles. The maximum atomic E-state index is 13.0. The Balaban J connectivity index is 1.99. The lowest BCUT2D eigenvalue weighted by Crippen LogP contribution is -2.37. The number of hydrogen-bond acceptors (Lipinski definition) is 6. The summed E-state index contributed by atoms with van der Waals surface area (Å²) < 4.78 is 32.6. The van der Waals surface area contributed by atoms with Crippen molar-refractivity contribution in [1.29, 1.82) is 0 Å². The van der Waals surface area contributed by atoms with Crippen LogP contribution in [0, 0.1) is 13.1 Å². The van der Waals surface area contributed by atoms with Crippen LogP contribution in [0.4, 0.5) is 0 Å². The monoisotopic (exact) mass is 361 g/mol. The molecule has 1 aliphatic rings. The van der Waals surface area contributed by atoms with E-state index in [0.717, 1.165) is 5.56 Å². The molecular weight excluding hydrogens is 344 g/mol. The van der Waals surface area contributed by atoms with Gasteiger partial charge in [-0.2, -0.15) is 4.31 Å². The average Bonchev–Trinajstić information content (AvgIpc) is 2.60. The minimum atomic E-state index is -3.79. The predicted octanol–water partition coefficient (Wildman–Crippen LogP) is 0.440. The Bertz CT molecular complexity index is 943. The minimum Gasteiger partial charge on any atom is -0.495 e. The topological polar surface area (TPSA) is 115 Å². The molecule has 1 aromatic carbocycles. The van der Waals surface area contributed by atoms with Crippen LogP contribution in [0.25, 0.3) is 0 Å². The van der Waals surface area contributed by atoms with Gasteiger partial charge in [-0.05, 0) is 31.0 Å². The van der Waals surface area contributed by atoms with Crippen LogP contribution in [0.2, 0.25) is 0 Å². The second kappa shape index (κ2) is 6.41. The van der Waals surface area contributed by atoms with Crippen LogP contribution in [0.15, 0.2) is 23.1 Å². The molecule has 1 aliphatic heterocycles. The summed E-state index contributed by atoms with van der Waals surface area (Å²) in [6, 6.07) is 4.98. The summed E-state index contributed by atoms with van der Waals surface area (Å²) in [5, 5.41) is 0. The molecule has 0 spiro atoms. The van der Waals surface area contributed by atoms with Crippen LogP contribution in [0.1, 0.15) is 27.4 Å². The fourth-order valence-corrected chi connectivity index (χ4v) is 4.30. The first-order chi connectivity index (χ1) is 11.8. The van der Waals surface area contributed by atoms with Gasteiger partial charge >= 0.3 is 0 Å². The van der Waals surface area contributed by atoms with E-state index in [0.29, 0.717) is 17.7 Å². The Labute approximate surface area is 145 Å². The van der Waals surface area contributed by atoms with Gasteiger partial charge in [0.2, 0.25) is 15.8 Å². The lowest BCUT2D eigenvalue weighted by atomic mass is 10.1. The zero-order valence-corrected chi connectivity index (χ0v) is 14.6. The second-order valence-electron chi connectivity index (χ2n) is 5.69. The van der Waals surface area contributed by atoms with Gasteiger partial charge in [0.05, 0.1) is 25.5 Å². The number of primary amides is 1. The molecule has 2 N–H and O–H groups in total. The lowest BCUT2D eigenvalue weighted by Gasteiger charge is -2.27. The number of rotatable bonds is 4. The van der Waals surface area contributed by atoms with Crippen LogP contribution in [-0.4, -0.2) is 42.3 Å². The number of sulfonamides is 1. The van der Waals surface area contributed by atoms with E-state index in [4.69, 9.17) is 10.5 Å². The van der Waals surface area contributed by atoms with E-state index in [-0.39, 0.29) is 29.6 Å². The Morgan fingerprint density at radius 3 is 2.84 bits per heavy atom. The van der Waals surface area contributed by atoms with E-state index < -0.39 is 15.9 Å². The number of amides is 1. The molecular formula is C16H17N4O4S. The zero-order chi connectivity index (χ0) is 18.2. The standard InChI is InChI=1S/C16H17N4O4S/c1-10-3-4-13(24-2)14(7-10)25(22,23)20-6-5-11-8-18-16(15(17)21)19-12(11)9-20/h3-4,7H,5-6,9H2,1-2H3,(H2,17,21). The van der Waals surface area contributed by atoms with Gasteiger partial charge in [-0.3, -0.25) is 4.79 Å². The van der Waals surface area contributed by atoms with Gasteiger partial charge in [-0.1, -0.05) is 6.07 Å². The molecule has 1 amide bonds. The Kier molecular flexibility index (Phi) is 4.44. The highest BCUT2D eigenvalue weighted by molar-refractivity contribution is 7.89. The predicted molar refractivity (Wildman–Crippen MR) is 88.4 cm³/mol. The molecule has 3 rings (SSSR count). The number of carbonyl (C=O) groups is 1. The normalized spacial score (nSPS) is 14.8. The third-order valence-corrected chi connectivity index (χ3v) is 5.85. The molecule has 1 aromatic heterocycles. The van der Waals surface area contributed by atoms with Gasteiger partial charge in [0, 0.05) is 12.1 Å². The molecule has 0 aliphatic carbocycles. The molecule has 1 radical (unpaired) electrons. The third kappa shape index (κ3) is 3.20. The first-order valence-electron chi connectivity index (χ1n) is 7.55. The van der Waals surface area contributed by atoms with Crippen molar-refractivity contribution >= 4 is 15.9 Å². The first kappa shape index (κ1) is 17.3. The van der Waals surface area contributed by atoms with Crippen molar-refractivity contribution in [3.8, 4) is 5.75 Å². The van der Waals surface area contributed by atoms with Gasteiger partial charge in [0.1, 0.15) is 10.6 Å². The highest BCUT2D eigenvalue weighted by atomic mass is 32.2. The number of fused-ring (bicyclic) bond motifs is 1. The van der Waals surface area contributed by atoms with Crippen molar-refractivity contribution in [2.24, 2.45) is 5.73 Å². The van der Waals surface area contributed by atoms with E-state index >= 15 is 0 Å². The van der Waals surface area contributed by atoms with Crippen molar-refractivity contribution in [2.75, 3.05) is 13.7 Å². The number of aromatic nitrogens is 2. The molecule has 0 atom stereocenters. The summed E-state index contributed by atoms with van der Waals surface area (Å²) in [4.78, 5) is 19.2. The fourth-order valence-electron chi connectivity index (χ4n) is 2.66. The van der Waals surface area contributed by atoms with Crippen molar-refractivity contribution in [3.05, 3.63) is 47.0 Å². The van der Waals surface area contributed by atoms with Crippen molar-refractivity contribution in [3.63, 3.8) is 0 Å². The smallest absolute Gasteiger partial charge is 0.286 e. The highest BCUT2D eigenvalue weighted by Gasteiger charge is 2.32. The summed E-state index contributed by atoms with van der Waals surface area (Å²) >= 11 is 0. The number of ether oxygens (including phenoxy) is 1. The van der Waals surface area contributed by atoms with E-state index in [1.807, 2.05) is 6.92 Å². The average molecular weight is 361 g/mol. The third-order valence-electron chi connectivity index (χ3n) is 3.98. The summed E-state index contributed by atoms with van der Waals surface area (Å²) in [6.45, 7) is 2.10. The fraction of sp³-hybridized carbons (Fsp3) is 0.312. The van der Waals surface area contributed by atoms with Crippen molar-refractivity contribution < 1.29 is 17.9 Å². The molecule has 0 bridgehead atoms. The van der Waals surface area contributed by atoms with E-state index in [1.165, 1.54) is 11.4 Å². The van der Waals surface area contributed by atoms with Gasteiger partial charge in [0.25, 0.3) is 5.91 Å². The molecule has 2 heterocycles. The van der Waals surface area contributed by atoms with Gasteiger partial charge in [-0.25, -0.2) is 18.4 Å². The number of hydrogen-bond donors (Lipinski definition) is 1. The van der Waals surface area contributed by atoms with Crippen molar-refractivity contribution in [2.45, 2.75) is 24.8 Å². The van der Waals surface area contributed by atoms with E-state index in [2.05, 4.69) is 16.2 Å². The molecule has 2 aromatic rings. The van der Waals surface area contributed by atoms with Gasteiger partial charge in [-0.15, -0.1) is 0 Å². The Morgan fingerprint density at radius 1 is 1.40 bits per heavy atom. The largest absolute Gasteiger partial charge is 0.495 e. The van der Waals surface area contributed by atoms with E-state index in [9.17, 15) is 13.2 Å². The maximum absolute atomic E-state index is 13.0. The highest BCUT2D eigenvalue weighted by Crippen LogP contribution is 2.30. The van der Waals surface area contributed by atoms with Crippen LogP contribution >= 0.6 is 0 Å². The number of carbonyl (C=O) groups excluding carboxylic acids is 1. The number of methoxy groups -OCH3 is 1. The number of aryl methyl sites for hydroxylation is 1. The van der Waals surface area contributed by atoms with Gasteiger partial charge < -0.3 is 10.5 Å². The molecule has 0 saturated heterocycles. The summed E-state index contributed by atoms with van der Waals surface area (Å²) in [6.07, 6.45) is 3.13. The number of nitrogens with zero attached hydrogens (tertiary/aromatic N) is 3. The maximum Gasteiger partial charge on any atom is 0.286 e. The van der Waals surface area contributed by atoms with Crippen LogP contribution in [0.5, 0.6) is 5.75 Å². The van der Waals surface area contributed by atoms with Gasteiger partial charge in [0.15, 0.2) is 0 Å². The van der Waals surface area contributed by atoms with Crippen LogP contribution in [-0.2, 0) is 23.0 Å². The molecule has 131 valence electrons. The lowest BCUT2D eigenvalue weighted by molar-refractivity contribution is 0.0989. The number of nitrogens with two attached hydrogens (primary N) is 1.